The highest BCUT2D eigenvalue weighted by molar-refractivity contribution is 7.88. The summed E-state index contributed by atoms with van der Waals surface area (Å²) in [6.07, 6.45) is 0. The minimum atomic E-state index is -4.81. The number of Topliss-reactive ketones (excluding diaryl/α,β-unsaturated/α-hetero) is 1. The van der Waals surface area contributed by atoms with Crippen LogP contribution < -0.4 is 0 Å². The predicted molar refractivity (Wildman–Crippen MR) is 33.7 cm³/mol. The first kappa shape index (κ1) is 10.0. The molecule has 0 aliphatic rings. The molecule has 11 heavy (non-hydrogen) atoms. The summed E-state index contributed by atoms with van der Waals surface area (Å²) in [4.78, 5) is 20.3. The molecule has 0 aromatic carbocycles. The Morgan fingerprint density at radius 1 is 1.36 bits per heavy atom. The monoisotopic (exact) mass is 182 g/mol. The number of aliphatic carboxylic acids is 1. The number of hydrogen-bond donors (Lipinski definition) is 2. The third-order valence-electron chi connectivity index (χ3n) is 0.891. The van der Waals surface area contributed by atoms with Gasteiger partial charge in [0.15, 0.2) is 5.78 Å². The van der Waals surface area contributed by atoms with Crippen molar-refractivity contribution in [2.75, 3.05) is 0 Å². The van der Waals surface area contributed by atoms with E-state index in [2.05, 4.69) is 0 Å². The largest absolute Gasteiger partial charge is 0.480 e. The molecule has 1 atom stereocenters. The molecule has 0 rings (SSSR count). The smallest absolute Gasteiger partial charge is 0.332 e. The van der Waals surface area contributed by atoms with E-state index >= 15 is 0 Å². The average Bonchev–Trinajstić information content (AvgIpc) is 1.54. The molecule has 0 radical (unpaired) electrons. The Bertz CT molecular complexity index is 261. The molecule has 1 unspecified atom stereocenters. The normalized spacial score (nSPS) is 14.0. The highest BCUT2D eigenvalue weighted by Gasteiger charge is 2.35. The summed E-state index contributed by atoms with van der Waals surface area (Å²) >= 11 is 0. The van der Waals surface area contributed by atoms with E-state index in [4.69, 9.17) is 9.66 Å². The summed E-state index contributed by atoms with van der Waals surface area (Å²) in [6.45, 7) is 0.770. The molecule has 2 N–H and O–H groups in total. The third-order valence-corrected chi connectivity index (χ3v) is 2.02. The van der Waals surface area contributed by atoms with Gasteiger partial charge in [0.05, 0.1) is 0 Å². The second-order valence-corrected chi connectivity index (χ2v) is 3.35. The fourth-order valence-electron chi connectivity index (χ4n) is 0.511. The lowest BCUT2D eigenvalue weighted by Crippen LogP contribution is -2.35. The molecule has 0 fully saturated rings. The van der Waals surface area contributed by atoms with Crippen LogP contribution >= 0.6 is 0 Å². The number of carboxylic acid groups (broad SMARTS) is 1. The van der Waals surface area contributed by atoms with Gasteiger partial charge in [0.25, 0.3) is 10.1 Å². The summed E-state index contributed by atoms with van der Waals surface area (Å²) < 4.78 is 28.5. The summed E-state index contributed by atoms with van der Waals surface area (Å²) in [6, 6.07) is 0. The Labute approximate surface area is 62.6 Å². The SMILES string of the molecule is CC(=O)C(C(=O)O)S(=O)(=O)O. The molecule has 0 aromatic heterocycles. The lowest BCUT2D eigenvalue weighted by atomic mass is 10.3. The van der Waals surface area contributed by atoms with Crippen molar-refractivity contribution in [1.82, 2.24) is 0 Å². The maximum atomic E-state index is 10.3. The van der Waals surface area contributed by atoms with Crippen molar-refractivity contribution in [3.8, 4) is 0 Å². The lowest BCUT2D eigenvalue weighted by molar-refractivity contribution is -0.139. The summed E-state index contributed by atoms with van der Waals surface area (Å²) in [5.41, 5.74) is 0. The minimum Gasteiger partial charge on any atom is -0.480 e. The highest BCUT2D eigenvalue weighted by atomic mass is 32.2. The summed E-state index contributed by atoms with van der Waals surface area (Å²) in [5.74, 6) is -3.00. The van der Waals surface area contributed by atoms with Crippen LogP contribution in [0.2, 0.25) is 0 Å². The average molecular weight is 182 g/mol. The molecule has 0 aromatic rings. The maximum Gasteiger partial charge on any atom is 0.332 e. The first-order chi connectivity index (χ1) is 4.76. The van der Waals surface area contributed by atoms with E-state index in [9.17, 15) is 18.0 Å². The Kier molecular flexibility index (Phi) is 2.71. The van der Waals surface area contributed by atoms with Gasteiger partial charge in [-0.25, -0.2) is 0 Å². The second kappa shape index (κ2) is 2.97. The van der Waals surface area contributed by atoms with E-state index in [0.29, 0.717) is 0 Å². The van der Waals surface area contributed by atoms with Gasteiger partial charge in [-0.05, 0) is 6.92 Å². The quantitative estimate of drug-likeness (QED) is 0.424. The van der Waals surface area contributed by atoms with Crippen molar-refractivity contribution in [2.24, 2.45) is 0 Å². The Hall–Kier alpha value is -0.950. The van der Waals surface area contributed by atoms with Crippen molar-refractivity contribution < 1.29 is 27.7 Å². The molecule has 64 valence electrons. The molecule has 0 saturated heterocycles. The van der Waals surface area contributed by atoms with E-state index in [1.807, 2.05) is 0 Å². The number of ketones is 1. The first-order valence-electron chi connectivity index (χ1n) is 2.46. The zero-order valence-corrected chi connectivity index (χ0v) is 6.33. The topological polar surface area (TPSA) is 109 Å². The first-order valence-corrected chi connectivity index (χ1v) is 3.96. The van der Waals surface area contributed by atoms with Crippen LogP contribution in [-0.4, -0.2) is 35.1 Å². The fraction of sp³-hybridized carbons (Fsp3) is 0.500. The number of carboxylic acids is 1. The van der Waals surface area contributed by atoms with E-state index in [1.54, 1.807) is 0 Å². The van der Waals surface area contributed by atoms with Gasteiger partial charge >= 0.3 is 5.97 Å². The molecule has 0 spiro atoms. The van der Waals surface area contributed by atoms with Gasteiger partial charge < -0.3 is 5.11 Å². The fourth-order valence-corrected chi connectivity index (χ4v) is 1.19. The Morgan fingerprint density at radius 2 is 1.73 bits per heavy atom. The van der Waals surface area contributed by atoms with Crippen molar-refractivity contribution in [1.29, 1.82) is 0 Å². The van der Waals surface area contributed by atoms with Crippen LogP contribution in [0.5, 0.6) is 0 Å². The third kappa shape index (κ3) is 2.64. The van der Waals surface area contributed by atoms with Gasteiger partial charge in [-0.15, -0.1) is 0 Å². The van der Waals surface area contributed by atoms with Gasteiger partial charge in [-0.1, -0.05) is 0 Å². The second-order valence-electron chi connectivity index (χ2n) is 1.84. The van der Waals surface area contributed by atoms with Crippen LogP contribution in [-0.2, 0) is 19.7 Å². The van der Waals surface area contributed by atoms with Gasteiger partial charge in [-0.3, -0.25) is 14.1 Å². The van der Waals surface area contributed by atoms with Gasteiger partial charge in [0, 0.05) is 0 Å². The zero-order valence-electron chi connectivity index (χ0n) is 5.51. The summed E-state index contributed by atoms with van der Waals surface area (Å²) in [7, 11) is -4.81. The number of carbonyl (C=O) groups is 2. The molecule has 0 amide bonds. The molecule has 0 aliphatic heterocycles. The standard InChI is InChI=1S/C4H6O6S/c1-2(5)3(4(6)7)11(8,9)10/h3H,1H3,(H,6,7)(H,8,9,10). The van der Waals surface area contributed by atoms with E-state index in [-0.39, 0.29) is 0 Å². The van der Waals surface area contributed by atoms with E-state index in [0.717, 1.165) is 6.92 Å². The van der Waals surface area contributed by atoms with Crippen molar-refractivity contribution in [3.63, 3.8) is 0 Å². The van der Waals surface area contributed by atoms with Crippen molar-refractivity contribution in [3.05, 3.63) is 0 Å². The van der Waals surface area contributed by atoms with Gasteiger partial charge in [-0.2, -0.15) is 8.42 Å². The van der Waals surface area contributed by atoms with Crippen LogP contribution in [0, 0.1) is 0 Å². The van der Waals surface area contributed by atoms with Gasteiger partial charge in [0.2, 0.25) is 5.25 Å². The molecule has 0 saturated carbocycles. The Balaban J connectivity index is 4.94. The molecule has 6 nitrogen and oxygen atoms in total. The van der Waals surface area contributed by atoms with Crippen molar-refractivity contribution in [2.45, 2.75) is 12.2 Å². The van der Waals surface area contributed by atoms with Crippen LogP contribution in [0.1, 0.15) is 6.92 Å². The number of hydrogen-bond acceptors (Lipinski definition) is 4. The predicted octanol–water partition coefficient (Wildman–Crippen LogP) is -1.08. The molecule has 0 aliphatic carbocycles. The van der Waals surface area contributed by atoms with Crippen LogP contribution in [0.3, 0.4) is 0 Å². The highest BCUT2D eigenvalue weighted by Crippen LogP contribution is 1.99. The van der Waals surface area contributed by atoms with Crippen LogP contribution in [0.15, 0.2) is 0 Å². The molecule has 7 heteroatoms. The molecular weight excluding hydrogens is 176 g/mol. The molecular formula is C4H6O6S. The van der Waals surface area contributed by atoms with Crippen LogP contribution in [0.4, 0.5) is 0 Å². The molecule has 0 bridgehead atoms. The van der Waals surface area contributed by atoms with E-state index < -0.39 is 27.1 Å². The zero-order chi connectivity index (χ0) is 9.23. The Morgan fingerprint density at radius 3 is 1.73 bits per heavy atom. The lowest BCUT2D eigenvalue weighted by Gasteiger charge is -2.02. The molecule has 0 heterocycles. The summed E-state index contributed by atoms with van der Waals surface area (Å²) in [5, 5.41) is 5.76. The van der Waals surface area contributed by atoms with E-state index in [1.165, 1.54) is 0 Å². The number of carbonyl (C=O) groups excluding carboxylic acids is 1. The van der Waals surface area contributed by atoms with Crippen molar-refractivity contribution >= 4 is 21.9 Å². The number of rotatable bonds is 3. The van der Waals surface area contributed by atoms with Crippen LogP contribution in [0.25, 0.3) is 0 Å². The minimum absolute atomic E-state index is 0.770. The van der Waals surface area contributed by atoms with Gasteiger partial charge in [0.1, 0.15) is 0 Å². The maximum absolute atomic E-state index is 10.3.